The summed E-state index contributed by atoms with van der Waals surface area (Å²) in [5, 5.41) is 2.58. The maximum absolute atomic E-state index is 13.4. The predicted molar refractivity (Wildman–Crippen MR) is 105 cm³/mol. The van der Waals surface area contributed by atoms with Crippen molar-refractivity contribution in [3.8, 4) is 0 Å². The zero-order chi connectivity index (χ0) is 22.1. The molecule has 0 radical (unpaired) electrons. The van der Waals surface area contributed by atoms with Crippen molar-refractivity contribution in [3.63, 3.8) is 0 Å². The molecule has 0 bridgehead atoms. The van der Waals surface area contributed by atoms with Gasteiger partial charge in [0.1, 0.15) is 6.04 Å². The number of ketones is 1. The Morgan fingerprint density at radius 3 is 2.47 bits per heavy atom. The molecule has 30 heavy (non-hydrogen) atoms. The molecule has 1 amide bonds. The molecule has 1 N–H and O–H groups in total. The Morgan fingerprint density at radius 1 is 1.13 bits per heavy atom. The second kappa shape index (κ2) is 8.10. The predicted octanol–water partition coefficient (Wildman–Crippen LogP) is 4.21. The number of hydrogen-bond acceptors (Lipinski definition) is 4. The summed E-state index contributed by atoms with van der Waals surface area (Å²) in [6, 6.07) is 10.8. The van der Waals surface area contributed by atoms with Gasteiger partial charge in [0.25, 0.3) is 5.56 Å². The number of hydrogen-bond donors (Lipinski definition) is 1. The summed E-state index contributed by atoms with van der Waals surface area (Å²) >= 11 is 0. The van der Waals surface area contributed by atoms with Gasteiger partial charge >= 0.3 is 6.18 Å². The first-order chi connectivity index (χ1) is 14.1. The molecule has 1 atom stereocenters. The van der Waals surface area contributed by atoms with E-state index in [9.17, 15) is 27.6 Å². The molecule has 9 heteroatoms. The molecule has 0 unspecified atom stereocenters. The topological polar surface area (TPSA) is 81.1 Å². The van der Waals surface area contributed by atoms with Gasteiger partial charge in [0, 0.05) is 11.3 Å². The van der Waals surface area contributed by atoms with E-state index in [1.54, 1.807) is 31.2 Å². The summed E-state index contributed by atoms with van der Waals surface area (Å²) in [4.78, 5) is 40.6. The van der Waals surface area contributed by atoms with Gasteiger partial charge in [-0.3, -0.25) is 19.0 Å². The fraction of sp³-hybridized carbons (Fsp3) is 0.238. The fourth-order valence-corrected chi connectivity index (χ4v) is 3.17. The Hall–Kier alpha value is -3.49. The molecule has 0 aliphatic rings. The Kier molecular flexibility index (Phi) is 5.73. The van der Waals surface area contributed by atoms with Crippen LogP contribution in [0.3, 0.4) is 0 Å². The number of anilines is 1. The average molecular weight is 417 g/mol. The summed E-state index contributed by atoms with van der Waals surface area (Å²) in [5.41, 5.74) is -2.23. The number of para-hydroxylation sites is 2. The van der Waals surface area contributed by atoms with E-state index in [-0.39, 0.29) is 23.2 Å². The number of nitrogens with one attached hydrogen (secondary N) is 1. The summed E-state index contributed by atoms with van der Waals surface area (Å²) in [5.74, 6) is -0.880. The number of halogens is 3. The molecule has 0 fully saturated rings. The Morgan fingerprint density at radius 2 is 1.83 bits per heavy atom. The summed E-state index contributed by atoms with van der Waals surface area (Å²) in [6.45, 7) is 2.96. The third-order valence-electron chi connectivity index (χ3n) is 4.60. The second-order valence-corrected chi connectivity index (χ2v) is 6.67. The van der Waals surface area contributed by atoms with Gasteiger partial charge in [-0.1, -0.05) is 31.2 Å². The van der Waals surface area contributed by atoms with E-state index in [1.165, 1.54) is 31.2 Å². The van der Waals surface area contributed by atoms with Crippen LogP contribution in [0.2, 0.25) is 0 Å². The van der Waals surface area contributed by atoms with Crippen LogP contribution >= 0.6 is 0 Å². The van der Waals surface area contributed by atoms with Crippen LogP contribution < -0.4 is 10.9 Å². The smallest absolute Gasteiger partial charge is 0.324 e. The van der Waals surface area contributed by atoms with Crippen molar-refractivity contribution in [1.82, 2.24) is 9.55 Å². The van der Waals surface area contributed by atoms with Crippen LogP contribution in [0.4, 0.5) is 18.9 Å². The van der Waals surface area contributed by atoms with Crippen molar-refractivity contribution in [2.75, 3.05) is 5.32 Å². The van der Waals surface area contributed by atoms with E-state index in [0.29, 0.717) is 11.3 Å². The maximum atomic E-state index is 13.4. The van der Waals surface area contributed by atoms with Crippen LogP contribution in [0.25, 0.3) is 11.0 Å². The number of nitrogens with zero attached hydrogens (tertiary/aromatic N) is 2. The van der Waals surface area contributed by atoms with Gasteiger partial charge in [-0.25, -0.2) is 4.98 Å². The van der Waals surface area contributed by atoms with E-state index in [4.69, 9.17) is 0 Å². The van der Waals surface area contributed by atoms with E-state index in [2.05, 4.69) is 10.3 Å². The molecule has 0 saturated heterocycles. The highest BCUT2D eigenvalue weighted by Gasteiger charge is 2.38. The largest absolute Gasteiger partial charge is 0.438 e. The molecule has 2 aromatic carbocycles. The van der Waals surface area contributed by atoms with Crippen LogP contribution in [0, 0.1) is 0 Å². The third kappa shape index (κ3) is 4.10. The van der Waals surface area contributed by atoms with Gasteiger partial charge in [-0.05, 0) is 37.6 Å². The van der Waals surface area contributed by atoms with Gasteiger partial charge in [-0.2, -0.15) is 13.2 Å². The highest BCUT2D eigenvalue weighted by atomic mass is 19.4. The van der Waals surface area contributed by atoms with E-state index in [0.717, 1.165) is 4.57 Å². The van der Waals surface area contributed by atoms with Crippen molar-refractivity contribution in [1.29, 1.82) is 0 Å². The van der Waals surface area contributed by atoms with Gasteiger partial charge in [0.2, 0.25) is 11.6 Å². The summed E-state index contributed by atoms with van der Waals surface area (Å²) < 4.78 is 41.0. The maximum Gasteiger partial charge on any atom is 0.438 e. The SMILES string of the molecule is CC[C@H](C(=O)Nc1cccc(C(C)=O)c1)n1c(=O)c(C(F)(F)F)nc2ccccc21. The molecule has 156 valence electrons. The quantitative estimate of drug-likeness (QED) is 0.631. The number of carbonyl (C=O) groups excluding carboxylic acids is 2. The molecule has 0 aliphatic heterocycles. The molecular formula is C21H18F3N3O3. The Balaban J connectivity index is 2.11. The summed E-state index contributed by atoms with van der Waals surface area (Å²) in [7, 11) is 0. The minimum Gasteiger partial charge on any atom is -0.324 e. The lowest BCUT2D eigenvalue weighted by Crippen LogP contribution is -2.37. The molecule has 0 saturated carbocycles. The molecule has 3 aromatic rings. The normalized spacial score (nSPS) is 12.6. The van der Waals surface area contributed by atoms with E-state index >= 15 is 0 Å². The third-order valence-corrected chi connectivity index (χ3v) is 4.60. The molecule has 0 spiro atoms. The minimum atomic E-state index is -4.96. The number of fused-ring (bicyclic) bond motifs is 1. The highest BCUT2D eigenvalue weighted by Crippen LogP contribution is 2.28. The molecule has 1 aromatic heterocycles. The van der Waals surface area contributed by atoms with Crippen LogP contribution in [-0.4, -0.2) is 21.2 Å². The number of alkyl halides is 3. The van der Waals surface area contributed by atoms with Gasteiger partial charge in [-0.15, -0.1) is 0 Å². The number of carbonyl (C=O) groups is 2. The lowest BCUT2D eigenvalue weighted by molar-refractivity contribution is -0.142. The van der Waals surface area contributed by atoms with Gasteiger partial charge in [0.15, 0.2) is 5.78 Å². The van der Waals surface area contributed by atoms with E-state index < -0.39 is 29.4 Å². The van der Waals surface area contributed by atoms with Crippen molar-refractivity contribution in [2.45, 2.75) is 32.5 Å². The van der Waals surface area contributed by atoms with Crippen LogP contribution in [0.1, 0.15) is 42.4 Å². The fourth-order valence-electron chi connectivity index (χ4n) is 3.17. The average Bonchev–Trinajstić information content (AvgIpc) is 2.69. The van der Waals surface area contributed by atoms with Crippen molar-refractivity contribution >= 4 is 28.4 Å². The number of amides is 1. The van der Waals surface area contributed by atoms with Gasteiger partial charge in [0.05, 0.1) is 11.0 Å². The first-order valence-corrected chi connectivity index (χ1v) is 9.13. The van der Waals surface area contributed by atoms with Crippen molar-refractivity contribution < 1.29 is 22.8 Å². The zero-order valence-corrected chi connectivity index (χ0v) is 16.2. The molecular weight excluding hydrogens is 399 g/mol. The standard InChI is InChI=1S/C21H18F3N3O3/c1-3-16(19(29)25-14-8-6-7-13(11-14)12(2)28)27-17-10-5-4-9-15(17)26-18(20(27)30)21(22,23)24/h4-11,16H,3H2,1-2H3,(H,25,29)/t16-/m1/s1. The zero-order valence-electron chi connectivity index (χ0n) is 16.2. The Bertz CT molecular complexity index is 1190. The number of rotatable bonds is 5. The van der Waals surface area contributed by atoms with Crippen molar-refractivity contribution in [2.24, 2.45) is 0 Å². The number of aromatic nitrogens is 2. The van der Waals surface area contributed by atoms with Crippen LogP contribution in [0.15, 0.2) is 53.3 Å². The summed E-state index contributed by atoms with van der Waals surface area (Å²) in [6.07, 6.45) is -4.91. The van der Waals surface area contributed by atoms with Crippen molar-refractivity contribution in [3.05, 3.63) is 70.1 Å². The molecule has 3 rings (SSSR count). The number of benzene rings is 2. The minimum absolute atomic E-state index is 0.0470. The second-order valence-electron chi connectivity index (χ2n) is 6.67. The Labute approximate surface area is 169 Å². The first kappa shape index (κ1) is 21.2. The first-order valence-electron chi connectivity index (χ1n) is 9.13. The van der Waals surface area contributed by atoms with Gasteiger partial charge < -0.3 is 5.32 Å². The lowest BCUT2D eigenvalue weighted by Gasteiger charge is -2.21. The van der Waals surface area contributed by atoms with Crippen LogP contribution in [-0.2, 0) is 11.0 Å². The molecule has 0 aliphatic carbocycles. The number of Topliss-reactive ketones (excluding diaryl/α,β-unsaturated/α-hetero) is 1. The molecule has 6 nitrogen and oxygen atoms in total. The lowest BCUT2D eigenvalue weighted by atomic mass is 10.1. The monoisotopic (exact) mass is 417 g/mol. The highest BCUT2D eigenvalue weighted by molar-refractivity contribution is 5.98. The van der Waals surface area contributed by atoms with Crippen LogP contribution in [0.5, 0.6) is 0 Å². The molecule has 1 heterocycles. The van der Waals surface area contributed by atoms with E-state index in [1.807, 2.05) is 0 Å².